The second-order valence-electron chi connectivity index (χ2n) is 5.38. The maximum Gasteiger partial charge on any atom is 0.253 e. The lowest BCUT2D eigenvalue weighted by atomic mass is 10.1. The number of halogens is 1. The maximum absolute atomic E-state index is 12.5. The van der Waals surface area contributed by atoms with E-state index in [1.807, 2.05) is 30.0 Å². The highest BCUT2D eigenvalue weighted by molar-refractivity contribution is 9.10. The maximum atomic E-state index is 12.5. The zero-order valence-electron chi connectivity index (χ0n) is 12.5. The molecule has 0 N–H and O–H groups in total. The van der Waals surface area contributed by atoms with E-state index in [1.165, 1.54) is 0 Å². The van der Waals surface area contributed by atoms with E-state index in [0.717, 1.165) is 48.2 Å². The van der Waals surface area contributed by atoms with Crippen molar-refractivity contribution in [1.29, 1.82) is 0 Å². The molecular formula is C16H23BrN2O. The van der Waals surface area contributed by atoms with Crippen LogP contribution in [0, 0.1) is 6.92 Å². The summed E-state index contributed by atoms with van der Waals surface area (Å²) >= 11 is 3.50. The van der Waals surface area contributed by atoms with Crippen molar-refractivity contribution in [3.63, 3.8) is 0 Å². The molecule has 4 heteroatoms. The van der Waals surface area contributed by atoms with Gasteiger partial charge in [0.15, 0.2) is 0 Å². The predicted octanol–water partition coefficient (Wildman–Crippen LogP) is 3.31. The van der Waals surface area contributed by atoms with E-state index in [9.17, 15) is 4.79 Å². The van der Waals surface area contributed by atoms with Crippen molar-refractivity contribution >= 4 is 21.8 Å². The van der Waals surface area contributed by atoms with Crippen molar-refractivity contribution in [3.05, 3.63) is 33.8 Å². The molecule has 1 aliphatic rings. The fraction of sp³-hybridized carbons (Fsp3) is 0.562. The third-order valence-electron chi connectivity index (χ3n) is 4.20. The summed E-state index contributed by atoms with van der Waals surface area (Å²) in [6.45, 7) is 10.2. The van der Waals surface area contributed by atoms with Gasteiger partial charge in [-0.3, -0.25) is 9.69 Å². The molecule has 1 fully saturated rings. The van der Waals surface area contributed by atoms with E-state index < -0.39 is 0 Å². The van der Waals surface area contributed by atoms with Gasteiger partial charge in [0, 0.05) is 29.2 Å². The molecule has 0 radical (unpaired) electrons. The molecule has 1 aromatic rings. The van der Waals surface area contributed by atoms with Crippen LogP contribution in [0.3, 0.4) is 0 Å². The highest BCUT2D eigenvalue weighted by atomic mass is 79.9. The molecule has 1 amide bonds. The Balaban J connectivity index is 2.05. The first kappa shape index (κ1) is 15.5. The smallest absolute Gasteiger partial charge is 0.253 e. The molecule has 1 heterocycles. The van der Waals surface area contributed by atoms with Gasteiger partial charge in [-0.15, -0.1) is 0 Å². The quantitative estimate of drug-likeness (QED) is 0.840. The third kappa shape index (κ3) is 3.23. The zero-order valence-corrected chi connectivity index (χ0v) is 14.1. The standard InChI is InChI=1S/C16H23BrN2O/c1-4-18(5-2)14-8-9-19(11-14)16(20)13-7-6-12(3)15(17)10-13/h6-7,10,14H,4-5,8-9,11H2,1-3H3. The minimum Gasteiger partial charge on any atom is -0.337 e. The molecule has 0 saturated carbocycles. The first-order chi connectivity index (χ1) is 9.56. The summed E-state index contributed by atoms with van der Waals surface area (Å²) in [4.78, 5) is 17.0. The average Bonchev–Trinajstić information content (AvgIpc) is 2.92. The van der Waals surface area contributed by atoms with Crippen molar-refractivity contribution in [2.45, 2.75) is 33.2 Å². The number of carbonyl (C=O) groups is 1. The van der Waals surface area contributed by atoms with Crippen molar-refractivity contribution < 1.29 is 4.79 Å². The van der Waals surface area contributed by atoms with Crippen LogP contribution in [0.1, 0.15) is 36.2 Å². The predicted molar refractivity (Wildman–Crippen MR) is 86.1 cm³/mol. The number of hydrogen-bond acceptors (Lipinski definition) is 2. The molecule has 0 aromatic heterocycles. The second kappa shape index (κ2) is 6.72. The van der Waals surface area contributed by atoms with E-state index in [4.69, 9.17) is 0 Å². The fourth-order valence-electron chi connectivity index (χ4n) is 2.87. The zero-order chi connectivity index (χ0) is 14.7. The number of hydrogen-bond donors (Lipinski definition) is 0. The number of nitrogens with zero attached hydrogens (tertiary/aromatic N) is 2. The second-order valence-corrected chi connectivity index (χ2v) is 6.23. The molecule has 1 atom stereocenters. The van der Waals surface area contributed by atoms with Gasteiger partial charge in [0.05, 0.1) is 0 Å². The van der Waals surface area contributed by atoms with Gasteiger partial charge in [0.2, 0.25) is 0 Å². The Morgan fingerprint density at radius 2 is 2.10 bits per heavy atom. The van der Waals surface area contributed by atoms with Gasteiger partial charge < -0.3 is 4.90 Å². The molecule has 1 unspecified atom stereocenters. The number of likely N-dealkylation sites (tertiary alicyclic amines) is 1. The van der Waals surface area contributed by atoms with Gasteiger partial charge in [0.1, 0.15) is 0 Å². The van der Waals surface area contributed by atoms with Gasteiger partial charge in [-0.25, -0.2) is 0 Å². The van der Waals surface area contributed by atoms with E-state index in [1.54, 1.807) is 0 Å². The van der Waals surface area contributed by atoms with Gasteiger partial charge in [-0.05, 0) is 44.1 Å². The Labute approximate surface area is 130 Å². The topological polar surface area (TPSA) is 23.6 Å². The summed E-state index contributed by atoms with van der Waals surface area (Å²) in [6, 6.07) is 6.37. The Hall–Kier alpha value is -0.870. The molecule has 1 aliphatic heterocycles. The minimum atomic E-state index is 0.153. The first-order valence-corrected chi connectivity index (χ1v) is 8.15. The van der Waals surface area contributed by atoms with Gasteiger partial charge >= 0.3 is 0 Å². The Kier molecular flexibility index (Phi) is 5.22. The summed E-state index contributed by atoms with van der Waals surface area (Å²) in [7, 11) is 0. The van der Waals surface area contributed by atoms with Gasteiger partial charge in [-0.2, -0.15) is 0 Å². The molecule has 0 aliphatic carbocycles. The number of rotatable bonds is 4. The number of aryl methyl sites for hydroxylation is 1. The Bertz CT molecular complexity index is 485. The average molecular weight is 339 g/mol. The van der Waals surface area contributed by atoms with Crippen molar-refractivity contribution in [1.82, 2.24) is 9.80 Å². The number of benzene rings is 1. The summed E-state index contributed by atoms with van der Waals surface area (Å²) < 4.78 is 1.00. The van der Waals surface area contributed by atoms with Crippen LogP contribution in [-0.4, -0.2) is 47.9 Å². The van der Waals surface area contributed by atoms with Crippen LogP contribution in [0.2, 0.25) is 0 Å². The fourth-order valence-corrected chi connectivity index (χ4v) is 3.25. The van der Waals surface area contributed by atoms with Crippen molar-refractivity contribution in [3.8, 4) is 0 Å². The normalized spacial score (nSPS) is 18.9. The van der Waals surface area contributed by atoms with Gasteiger partial charge in [-0.1, -0.05) is 35.8 Å². The van der Waals surface area contributed by atoms with Crippen LogP contribution < -0.4 is 0 Å². The molecule has 0 bridgehead atoms. The van der Waals surface area contributed by atoms with Crippen LogP contribution in [0.25, 0.3) is 0 Å². The van der Waals surface area contributed by atoms with Gasteiger partial charge in [0.25, 0.3) is 5.91 Å². The van der Waals surface area contributed by atoms with Crippen LogP contribution in [0.4, 0.5) is 0 Å². The molecule has 0 spiro atoms. The summed E-state index contributed by atoms with van der Waals surface area (Å²) in [5.74, 6) is 0.153. The highest BCUT2D eigenvalue weighted by Gasteiger charge is 2.29. The SMILES string of the molecule is CCN(CC)C1CCN(C(=O)c2ccc(C)c(Br)c2)C1. The molecule has 3 nitrogen and oxygen atoms in total. The number of carbonyl (C=O) groups excluding carboxylic acids is 1. The van der Waals surface area contributed by atoms with E-state index >= 15 is 0 Å². The van der Waals surface area contributed by atoms with Crippen molar-refractivity contribution in [2.75, 3.05) is 26.2 Å². The van der Waals surface area contributed by atoms with E-state index in [2.05, 4.69) is 34.7 Å². The van der Waals surface area contributed by atoms with E-state index in [-0.39, 0.29) is 5.91 Å². The Morgan fingerprint density at radius 1 is 1.40 bits per heavy atom. The van der Waals surface area contributed by atoms with Crippen LogP contribution >= 0.6 is 15.9 Å². The van der Waals surface area contributed by atoms with E-state index in [0.29, 0.717) is 6.04 Å². The number of amides is 1. The third-order valence-corrected chi connectivity index (χ3v) is 5.05. The summed E-state index contributed by atoms with van der Waals surface area (Å²) in [6.07, 6.45) is 1.08. The summed E-state index contributed by atoms with van der Waals surface area (Å²) in [5, 5.41) is 0. The first-order valence-electron chi connectivity index (χ1n) is 7.36. The lowest BCUT2D eigenvalue weighted by Crippen LogP contribution is -2.38. The largest absolute Gasteiger partial charge is 0.337 e. The lowest BCUT2D eigenvalue weighted by Gasteiger charge is -2.26. The van der Waals surface area contributed by atoms with Crippen LogP contribution in [0.5, 0.6) is 0 Å². The minimum absolute atomic E-state index is 0.153. The van der Waals surface area contributed by atoms with Crippen LogP contribution in [-0.2, 0) is 0 Å². The van der Waals surface area contributed by atoms with Crippen LogP contribution in [0.15, 0.2) is 22.7 Å². The molecular weight excluding hydrogens is 316 g/mol. The van der Waals surface area contributed by atoms with Crippen molar-refractivity contribution in [2.24, 2.45) is 0 Å². The number of likely N-dealkylation sites (N-methyl/N-ethyl adjacent to an activating group) is 1. The molecule has 2 rings (SSSR count). The molecule has 20 heavy (non-hydrogen) atoms. The monoisotopic (exact) mass is 338 g/mol. The molecule has 110 valence electrons. The lowest BCUT2D eigenvalue weighted by molar-refractivity contribution is 0.0778. The Morgan fingerprint density at radius 3 is 2.70 bits per heavy atom. The molecule has 1 saturated heterocycles. The summed E-state index contributed by atoms with van der Waals surface area (Å²) in [5.41, 5.74) is 1.94. The highest BCUT2D eigenvalue weighted by Crippen LogP contribution is 2.21. The molecule has 1 aromatic carbocycles.